The first-order valence-electron chi connectivity index (χ1n) is 10.1. The largest absolute Gasteiger partial charge is 0.493 e. The summed E-state index contributed by atoms with van der Waals surface area (Å²) in [5, 5.41) is 9.73. The van der Waals surface area contributed by atoms with Crippen molar-refractivity contribution in [2.24, 2.45) is 0 Å². The lowest BCUT2D eigenvalue weighted by molar-refractivity contribution is 0.0554. The minimum Gasteiger partial charge on any atom is -0.493 e. The van der Waals surface area contributed by atoms with Gasteiger partial charge in [0, 0.05) is 23.6 Å². The molecule has 0 aromatic heterocycles. The Hall–Kier alpha value is -2.20. The highest BCUT2D eigenvalue weighted by molar-refractivity contribution is 14.1. The molecule has 31 heavy (non-hydrogen) atoms. The Kier molecular flexibility index (Phi) is 4.97. The van der Waals surface area contributed by atoms with Crippen LogP contribution in [0.5, 0.6) is 28.7 Å². The number of Topliss-reactive ketones (excluding diaryl/α,β-unsaturated/α-hetero) is 1. The van der Waals surface area contributed by atoms with Crippen molar-refractivity contribution in [3.63, 3.8) is 0 Å². The molecule has 2 aromatic rings. The van der Waals surface area contributed by atoms with Crippen molar-refractivity contribution in [3.05, 3.63) is 41.0 Å². The van der Waals surface area contributed by atoms with Crippen LogP contribution < -0.4 is 23.7 Å². The van der Waals surface area contributed by atoms with Gasteiger partial charge in [-0.15, -0.1) is 0 Å². The third kappa shape index (κ3) is 3.14. The Balaban J connectivity index is 1.55. The summed E-state index contributed by atoms with van der Waals surface area (Å²) >= 11 is 2.22. The van der Waals surface area contributed by atoms with E-state index in [1.54, 1.807) is 32.4 Å². The summed E-state index contributed by atoms with van der Waals surface area (Å²) in [6.07, 6.45) is -0.0675. The average molecular weight is 536 g/mol. The number of benzene rings is 2. The van der Waals surface area contributed by atoms with Crippen LogP contribution in [-0.4, -0.2) is 54.0 Å². The number of hydrogen-bond donors (Lipinski definition) is 1. The number of ether oxygens (including phenoxy) is 5. The molecule has 0 aliphatic carbocycles. The van der Waals surface area contributed by atoms with Crippen molar-refractivity contribution in [1.82, 2.24) is 0 Å². The number of aliphatic hydroxyl groups excluding tert-OH is 1. The van der Waals surface area contributed by atoms with Gasteiger partial charge < -0.3 is 28.8 Å². The summed E-state index contributed by atoms with van der Waals surface area (Å²) in [5.41, 5.74) is 2.16. The molecular formula is C23H23IO7. The normalized spacial score (nSPS) is 24.9. The Labute approximate surface area is 193 Å². The van der Waals surface area contributed by atoms with Crippen molar-refractivity contribution >= 4 is 28.4 Å². The number of carbonyl (C=O) groups is 1. The minimum atomic E-state index is -0.487. The Morgan fingerprint density at radius 2 is 1.90 bits per heavy atom. The fourth-order valence-electron chi connectivity index (χ4n) is 4.50. The molecular weight excluding hydrogens is 513 g/mol. The van der Waals surface area contributed by atoms with Crippen LogP contribution in [-0.2, 0) is 6.42 Å². The number of carbonyl (C=O) groups excluding carboxylic acids is 1. The Morgan fingerprint density at radius 1 is 1.16 bits per heavy atom. The zero-order chi connectivity index (χ0) is 21.9. The van der Waals surface area contributed by atoms with Crippen molar-refractivity contribution in [1.29, 1.82) is 0 Å². The lowest BCUT2D eigenvalue weighted by Gasteiger charge is -2.37. The van der Waals surface area contributed by atoms with Gasteiger partial charge in [0.2, 0.25) is 0 Å². The van der Waals surface area contributed by atoms with Gasteiger partial charge >= 0.3 is 0 Å². The van der Waals surface area contributed by atoms with Crippen LogP contribution in [0.2, 0.25) is 0 Å². The molecule has 5 rings (SSSR count). The molecule has 0 saturated carbocycles. The predicted octanol–water partition coefficient (Wildman–Crippen LogP) is 3.31. The van der Waals surface area contributed by atoms with Crippen LogP contribution in [0.1, 0.15) is 34.3 Å². The van der Waals surface area contributed by atoms with Gasteiger partial charge in [-0.25, -0.2) is 0 Å². The molecule has 0 saturated heterocycles. The van der Waals surface area contributed by atoms with Crippen molar-refractivity contribution in [3.8, 4) is 28.7 Å². The van der Waals surface area contributed by atoms with Crippen molar-refractivity contribution < 1.29 is 33.6 Å². The van der Waals surface area contributed by atoms with Gasteiger partial charge in [0.05, 0.1) is 35.7 Å². The molecule has 3 heterocycles. The lowest BCUT2D eigenvalue weighted by atomic mass is 9.81. The van der Waals surface area contributed by atoms with Crippen molar-refractivity contribution in [2.45, 2.75) is 34.9 Å². The maximum absolute atomic E-state index is 13.6. The average Bonchev–Trinajstić information content (AvgIpc) is 3.23. The lowest BCUT2D eigenvalue weighted by Crippen LogP contribution is -2.43. The van der Waals surface area contributed by atoms with Gasteiger partial charge in [-0.05, 0) is 25.1 Å². The van der Waals surface area contributed by atoms with E-state index in [-0.39, 0.29) is 25.1 Å². The van der Waals surface area contributed by atoms with Gasteiger partial charge in [0.1, 0.15) is 36.1 Å². The van der Waals surface area contributed by atoms with Crippen LogP contribution >= 0.6 is 22.6 Å². The van der Waals surface area contributed by atoms with E-state index in [1.165, 1.54) is 0 Å². The monoisotopic (exact) mass is 536 g/mol. The van der Waals surface area contributed by atoms with E-state index in [0.717, 1.165) is 11.1 Å². The summed E-state index contributed by atoms with van der Waals surface area (Å²) in [7, 11) is 3.13. The van der Waals surface area contributed by atoms with Gasteiger partial charge in [0.25, 0.3) is 0 Å². The number of ketones is 1. The number of methoxy groups -OCH3 is 2. The molecule has 164 valence electrons. The molecule has 7 nitrogen and oxygen atoms in total. The molecule has 0 fully saturated rings. The number of alkyl halides is 1. The molecule has 0 unspecified atom stereocenters. The second-order valence-corrected chi connectivity index (χ2v) is 10.7. The first kappa shape index (κ1) is 20.7. The third-order valence-corrected chi connectivity index (χ3v) is 7.34. The molecule has 0 radical (unpaired) electrons. The molecule has 3 aliphatic rings. The number of hydrogen-bond acceptors (Lipinski definition) is 7. The summed E-state index contributed by atoms with van der Waals surface area (Å²) < 4.78 is 28.8. The SMILES string of the molecule is COc1cc2c(cc1OC)[C@@H]1C(=O)c3ccc4c(c3O[C@@H]1CO2)C[C@H]([C@@](C)([125I])CO)O4. The van der Waals surface area contributed by atoms with Crippen LogP contribution in [0.25, 0.3) is 0 Å². The van der Waals surface area contributed by atoms with Crippen molar-refractivity contribution in [2.75, 3.05) is 27.4 Å². The van der Waals surface area contributed by atoms with Gasteiger partial charge in [0.15, 0.2) is 17.3 Å². The first-order valence-corrected chi connectivity index (χ1v) is 11.2. The molecule has 0 spiro atoms. The highest BCUT2D eigenvalue weighted by Gasteiger charge is 2.47. The van der Waals surface area contributed by atoms with E-state index >= 15 is 0 Å². The van der Waals surface area contributed by atoms with Crippen LogP contribution in [0, 0.1) is 0 Å². The second-order valence-electron chi connectivity index (χ2n) is 8.22. The zero-order valence-electron chi connectivity index (χ0n) is 17.4. The number of aliphatic hydroxyl groups is 1. The van der Waals surface area contributed by atoms with E-state index in [2.05, 4.69) is 22.6 Å². The zero-order valence-corrected chi connectivity index (χ0v) is 19.6. The number of fused-ring (bicyclic) bond motifs is 6. The second kappa shape index (κ2) is 7.44. The van der Waals surface area contributed by atoms with Crippen LogP contribution in [0.15, 0.2) is 24.3 Å². The molecule has 1 N–H and O–H groups in total. The fraction of sp³-hybridized carbons (Fsp3) is 0.435. The Morgan fingerprint density at radius 3 is 2.61 bits per heavy atom. The summed E-state index contributed by atoms with van der Waals surface area (Å²) in [6.45, 7) is 2.20. The van der Waals surface area contributed by atoms with E-state index in [0.29, 0.717) is 40.7 Å². The predicted molar refractivity (Wildman–Crippen MR) is 121 cm³/mol. The molecule has 3 aliphatic heterocycles. The molecule has 8 heteroatoms. The van der Waals surface area contributed by atoms with E-state index in [1.807, 2.05) is 13.0 Å². The minimum absolute atomic E-state index is 0.00515. The van der Waals surface area contributed by atoms with Gasteiger partial charge in [-0.3, -0.25) is 4.79 Å². The fourth-order valence-corrected chi connectivity index (χ4v) is 4.85. The standard InChI is InChI=1S/C23H23IO7/c1-23(24,10-25)19-7-13-14(30-19)5-4-11-21(26)20-12-6-16(27-2)17(28-3)8-15(12)29-9-18(20)31-22(11)13/h4-6,8,18-20,25H,7,9-10H2,1-3H3/t18-,19-,20+,23+/m1/s1/i24-2. The molecule has 2 aromatic carbocycles. The molecule has 0 amide bonds. The maximum Gasteiger partial charge on any atom is 0.178 e. The summed E-state index contributed by atoms with van der Waals surface area (Å²) in [5.74, 6) is 2.48. The highest BCUT2D eigenvalue weighted by atomic mass is 125. The Bertz CT molecular complexity index is 1060. The molecule has 0 bridgehead atoms. The van der Waals surface area contributed by atoms with Crippen LogP contribution in [0.3, 0.4) is 0 Å². The van der Waals surface area contributed by atoms with E-state index in [9.17, 15) is 9.90 Å². The van der Waals surface area contributed by atoms with E-state index in [4.69, 9.17) is 23.7 Å². The number of halogens is 1. The summed E-state index contributed by atoms with van der Waals surface area (Å²) in [6, 6.07) is 7.15. The third-order valence-electron chi connectivity index (χ3n) is 6.30. The highest BCUT2D eigenvalue weighted by Crippen LogP contribution is 2.50. The molecule has 4 atom stereocenters. The topological polar surface area (TPSA) is 83.5 Å². The number of rotatable bonds is 4. The van der Waals surface area contributed by atoms with E-state index < -0.39 is 15.4 Å². The maximum atomic E-state index is 13.6. The quantitative estimate of drug-likeness (QED) is 0.475. The van der Waals surface area contributed by atoms with Gasteiger partial charge in [-0.2, -0.15) is 0 Å². The van der Waals surface area contributed by atoms with Crippen LogP contribution in [0.4, 0.5) is 0 Å². The summed E-state index contributed by atoms with van der Waals surface area (Å²) in [4.78, 5) is 13.6. The van der Waals surface area contributed by atoms with Gasteiger partial charge in [-0.1, -0.05) is 22.6 Å². The first-order chi connectivity index (χ1) is 14.9. The smallest absolute Gasteiger partial charge is 0.178 e.